The minimum Gasteiger partial charge on any atom is -0.394 e. The molecule has 0 aromatic heterocycles. The van der Waals surface area contributed by atoms with E-state index < -0.39 is 86.8 Å². The molecule has 41 heavy (non-hydrogen) atoms. The molecular formula is C27H49NO13. The second-order valence-corrected chi connectivity index (χ2v) is 10.5. The lowest BCUT2D eigenvalue weighted by Gasteiger charge is -2.46. The maximum atomic E-state index is 12.5. The van der Waals surface area contributed by atoms with Gasteiger partial charge in [0.25, 0.3) is 0 Å². The first-order valence-electron chi connectivity index (χ1n) is 14.4. The summed E-state index contributed by atoms with van der Waals surface area (Å²) in [7, 11) is 0. The lowest BCUT2D eigenvalue weighted by Crippen LogP contribution is -2.65. The van der Waals surface area contributed by atoms with E-state index in [0.717, 1.165) is 32.1 Å². The zero-order valence-corrected chi connectivity index (χ0v) is 23.8. The largest absolute Gasteiger partial charge is 0.394 e. The van der Waals surface area contributed by atoms with E-state index in [0.29, 0.717) is 6.42 Å². The van der Waals surface area contributed by atoms with E-state index in [1.807, 2.05) is 6.92 Å². The molecule has 240 valence electrons. The van der Waals surface area contributed by atoms with Gasteiger partial charge in [-0.05, 0) is 12.8 Å². The number of aliphatic hydroxyl groups excluding tert-OH is 8. The van der Waals surface area contributed by atoms with Crippen LogP contribution in [0.5, 0.6) is 0 Å². The maximum absolute atomic E-state index is 12.5. The van der Waals surface area contributed by atoms with Crippen LogP contribution in [-0.2, 0) is 23.7 Å². The molecule has 0 bridgehead atoms. The second-order valence-electron chi connectivity index (χ2n) is 10.5. The molecule has 2 rings (SSSR count). The summed E-state index contributed by atoms with van der Waals surface area (Å²) in [5.41, 5.74) is 0. The lowest BCUT2D eigenvalue weighted by atomic mass is 9.97. The molecule has 2 saturated heterocycles. The summed E-state index contributed by atoms with van der Waals surface area (Å²) in [6, 6.07) is -0.898. The Morgan fingerprint density at radius 2 is 1.51 bits per heavy atom. The zero-order chi connectivity index (χ0) is 30.5. The third kappa shape index (κ3) is 10.4. The van der Waals surface area contributed by atoms with Gasteiger partial charge in [0.05, 0.1) is 32.0 Å². The highest BCUT2D eigenvalue weighted by atomic mass is 16.7. The minimum atomic E-state index is -1.78. The molecule has 9 N–H and O–H groups in total. The van der Waals surface area contributed by atoms with Crippen LogP contribution in [0.3, 0.4) is 0 Å². The van der Waals surface area contributed by atoms with Crippen molar-refractivity contribution in [3.8, 4) is 0 Å². The van der Waals surface area contributed by atoms with E-state index >= 15 is 0 Å². The van der Waals surface area contributed by atoms with Gasteiger partial charge in [0.1, 0.15) is 48.8 Å². The summed E-state index contributed by atoms with van der Waals surface area (Å²) < 4.78 is 22.1. The highest BCUT2D eigenvalue weighted by Crippen LogP contribution is 2.29. The standard InChI is InChI=1S/C27H49NO13/c1-3-5-7-9-11-19(32)28-15(16(31)10-8-6-4-2)14-38-26-24(37)22(35)25(18(13-30)40-26)41-27-23(36)21(34)20(33)17(12-29)39-27/h8,10,15-18,20-27,29-31,33-37H,3-7,9,11-14H2,1-2H3,(H,28,32)/b10-8+. The Labute approximate surface area is 240 Å². The Balaban J connectivity index is 2.06. The number of nitrogens with one attached hydrogen (secondary N) is 1. The Kier molecular flexibility index (Phi) is 16.1. The molecule has 1 amide bonds. The first-order chi connectivity index (χ1) is 19.6. The summed E-state index contributed by atoms with van der Waals surface area (Å²) in [5.74, 6) is -0.274. The average molecular weight is 596 g/mol. The smallest absolute Gasteiger partial charge is 0.220 e. The van der Waals surface area contributed by atoms with Crippen LogP contribution in [0.15, 0.2) is 12.2 Å². The number of hydrogen-bond donors (Lipinski definition) is 9. The normalized spacial score (nSPS) is 35.9. The number of amides is 1. The predicted octanol–water partition coefficient (Wildman–Crippen LogP) is -2.20. The van der Waals surface area contributed by atoms with E-state index in [4.69, 9.17) is 18.9 Å². The average Bonchev–Trinajstić information content (AvgIpc) is 2.96. The summed E-state index contributed by atoms with van der Waals surface area (Å²) in [5, 5.41) is 84.5. The number of allylic oxidation sites excluding steroid dienone is 1. The Bertz CT molecular complexity index is 769. The lowest BCUT2D eigenvalue weighted by molar-refractivity contribution is -0.359. The van der Waals surface area contributed by atoms with Crippen LogP contribution < -0.4 is 5.32 Å². The Morgan fingerprint density at radius 3 is 2.15 bits per heavy atom. The van der Waals surface area contributed by atoms with E-state index in [-0.39, 0.29) is 18.9 Å². The maximum Gasteiger partial charge on any atom is 0.220 e. The highest BCUT2D eigenvalue weighted by Gasteiger charge is 2.50. The van der Waals surface area contributed by atoms with Crippen molar-refractivity contribution in [1.29, 1.82) is 0 Å². The summed E-state index contributed by atoms with van der Waals surface area (Å²) in [6.07, 6.45) is -8.09. The summed E-state index contributed by atoms with van der Waals surface area (Å²) >= 11 is 0. The third-order valence-electron chi connectivity index (χ3n) is 7.21. The summed E-state index contributed by atoms with van der Waals surface area (Å²) in [6.45, 7) is 2.33. The van der Waals surface area contributed by atoms with Gasteiger partial charge in [0.15, 0.2) is 12.6 Å². The molecule has 2 heterocycles. The van der Waals surface area contributed by atoms with Gasteiger partial charge in [-0.3, -0.25) is 4.79 Å². The van der Waals surface area contributed by atoms with Gasteiger partial charge < -0.3 is 65.1 Å². The number of aliphatic hydroxyl groups is 8. The molecule has 0 spiro atoms. The molecule has 12 unspecified atom stereocenters. The van der Waals surface area contributed by atoms with Crippen molar-refractivity contribution in [3.63, 3.8) is 0 Å². The van der Waals surface area contributed by atoms with Crippen LogP contribution in [0.1, 0.15) is 58.8 Å². The van der Waals surface area contributed by atoms with Crippen LogP contribution in [0, 0.1) is 0 Å². The molecule has 2 fully saturated rings. The van der Waals surface area contributed by atoms with Crippen molar-refractivity contribution < 1.29 is 64.6 Å². The zero-order valence-electron chi connectivity index (χ0n) is 23.8. The molecule has 14 heteroatoms. The number of carbonyl (C=O) groups excluding carboxylic acids is 1. The number of unbranched alkanes of at least 4 members (excludes halogenated alkanes) is 4. The predicted molar refractivity (Wildman–Crippen MR) is 143 cm³/mol. The van der Waals surface area contributed by atoms with E-state index in [9.17, 15) is 45.6 Å². The summed E-state index contributed by atoms with van der Waals surface area (Å²) in [4.78, 5) is 12.5. The van der Waals surface area contributed by atoms with Gasteiger partial charge in [0, 0.05) is 6.42 Å². The highest BCUT2D eigenvalue weighted by molar-refractivity contribution is 5.76. The monoisotopic (exact) mass is 595 g/mol. The minimum absolute atomic E-state index is 0.271. The SMILES string of the molecule is CCC/C=C/C(O)C(COC1OC(CO)C(OC2OC(CO)C(O)C(O)C2O)C(O)C1O)NC(=O)CCCCCC. The Morgan fingerprint density at radius 1 is 0.854 bits per heavy atom. The van der Waals surface area contributed by atoms with E-state index in [2.05, 4.69) is 12.2 Å². The molecule has 0 aliphatic carbocycles. The van der Waals surface area contributed by atoms with E-state index in [1.165, 1.54) is 0 Å². The van der Waals surface area contributed by atoms with Gasteiger partial charge in [-0.1, -0.05) is 51.7 Å². The van der Waals surface area contributed by atoms with Crippen LogP contribution in [0.25, 0.3) is 0 Å². The van der Waals surface area contributed by atoms with Crippen molar-refractivity contribution >= 4 is 5.91 Å². The van der Waals surface area contributed by atoms with Crippen molar-refractivity contribution in [2.75, 3.05) is 19.8 Å². The van der Waals surface area contributed by atoms with Crippen molar-refractivity contribution in [2.24, 2.45) is 0 Å². The molecule has 0 saturated carbocycles. The molecule has 0 aromatic rings. The van der Waals surface area contributed by atoms with Gasteiger partial charge in [-0.25, -0.2) is 0 Å². The van der Waals surface area contributed by atoms with Crippen LogP contribution in [-0.4, -0.2) is 140 Å². The molecular weight excluding hydrogens is 546 g/mol. The fraction of sp³-hybridized carbons (Fsp3) is 0.889. The van der Waals surface area contributed by atoms with Gasteiger partial charge in [0.2, 0.25) is 5.91 Å². The molecule has 2 aliphatic rings. The molecule has 0 aromatic carbocycles. The number of ether oxygens (including phenoxy) is 4. The van der Waals surface area contributed by atoms with Crippen molar-refractivity contribution in [2.45, 2.75) is 132 Å². The van der Waals surface area contributed by atoms with Gasteiger partial charge in [-0.15, -0.1) is 0 Å². The van der Waals surface area contributed by atoms with Crippen molar-refractivity contribution in [3.05, 3.63) is 12.2 Å². The molecule has 14 nitrogen and oxygen atoms in total. The van der Waals surface area contributed by atoms with Crippen LogP contribution in [0.4, 0.5) is 0 Å². The fourth-order valence-corrected chi connectivity index (χ4v) is 4.64. The first kappa shape index (κ1) is 35.9. The fourth-order valence-electron chi connectivity index (χ4n) is 4.64. The van der Waals surface area contributed by atoms with Gasteiger partial charge in [-0.2, -0.15) is 0 Å². The number of carbonyl (C=O) groups is 1. The van der Waals surface area contributed by atoms with Crippen LogP contribution in [0.2, 0.25) is 0 Å². The molecule has 12 atom stereocenters. The topological polar surface area (TPSA) is 228 Å². The number of rotatable bonds is 17. The van der Waals surface area contributed by atoms with Crippen LogP contribution >= 0.6 is 0 Å². The molecule has 0 radical (unpaired) electrons. The van der Waals surface area contributed by atoms with Gasteiger partial charge >= 0.3 is 0 Å². The van der Waals surface area contributed by atoms with Crippen molar-refractivity contribution in [1.82, 2.24) is 5.32 Å². The second kappa shape index (κ2) is 18.4. The first-order valence-corrected chi connectivity index (χ1v) is 14.4. The van der Waals surface area contributed by atoms with E-state index in [1.54, 1.807) is 12.2 Å². The third-order valence-corrected chi connectivity index (χ3v) is 7.21. The quantitative estimate of drug-likeness (QED) is 0.0643. The number of hydrogen-bond acceptors (Lipinski definition) is 13. The molecule has 2 aliphatic heterocycles. The Hall–Kier alpha value is -1.27.